The molecule has 2 saturated heterocycles. The van der Waals surface area contributed by atoms with Gasteiger partial charge in [0.1, 0.15) is 17.8 Å². The molecule has 0 saturated carbocycles. The number of halogens is 2. The first-order valence-corrected chi connectivity index (χ1v) is 8.36. The summed E-state index contributed by atoms with van der Waals surface area (Å²) in [7, 11) is 0. The summed E-state index contributed by atoms with van der Waals surface area (Å²) in [6.45, 7) is -0.187. The average Bonchev–Trinajstić information content (AvgIpc) is 2.86. The van der Waals surface area contributed by atoms with Crippen LogP contribution in [0.4, 0.5) is 13.6 Å². The lowest BCUT2D eigenvalue weighted by Gasteiger charge is -2.28. The molecule has 0 bridgehead atoms. The van der Waals surface area contributed by atoms with Crippen LogP contribution in [-0.4, -0.2) is 67.1 Å². The van der Waals surface area contributed by atoms with Crippen LogP contribution in [0.3, 0.4) is 0 Å². The maximum Gasteiger partial charge on any atom is 0.387 e. The Balaban J connectivity index is 1.72. The van der Waals surface area contributed by atoms with E-state index in [-0.39, 0.29) is 18.2 Å². The molecular formula is C17H19F2N3O5. The first-order chi connectivity index (χ1) is 12.8. The molecule has 0 unspecified atom stereocenters. The molecule has 1 atom stereocenters. The largest absolute Gasteiger partial charge is 0.435 e. The van der Waals surface area contributed by atoms with E-state index >= 15 is 0 Å². The van der Waals surface area contributed by atoms with Gasteiger partial charge in [0.25, 0.3) is 5.91 Å². The highest BCUT2D eigenvalue weighted by atomic mass is 19.3. The van der Waals surface area contributed by atoms with E-state index in [1.54, 1.807) is 0 Å². The summed E-state index contributed by atoms with van der Waals surface area (Å²) in [5, 5.41) is 2.57. The summed E-state index contributed by atoms with van der Waals surface area (Å²) >= 11 is 0. The van der Waals surface area contributed by atoms with Crippen LogP contribution in [0.1, 0.15) is 12.5 Å². The minimum Gasteiger partial charge on any atom is -0.435 e. The minimum absolute atomic E-state index is 0.0616. The Morgan fingerprint density at radius 1 is 1.26 bits per heavy atom. The number of carbonyl (C=O) groups is 3. The molecule has 2 fully saturated rings. The Kier molecular flexibility index (Phi) is 5.26. The lowest BCUT2D eigenvalue weighted by atomic mass is 9.92. The van der Waals surface area contributed by atoms with Crippen LogP contribution in [0.2, 0.25) is 0 Å². The number of morpholine rings is 1. The fraction of sp³-hybridized carbons (Fsp3) is 0.471. The zero-order valence-electron chi connectivity index (χ0n) is 14.6. The van der Waals surface area contributed by atoms with E-state index in [0.29, 0.717) is 31.9 Å². The molecule has 1 N–H and O–H groups in total. The third-order valence-electron chi connectivity index (χ3n) is 4.59. The number of amides is 4. The summed E-state index contributed by atoms with van der Waals surface area (Å²) in [5.41, 5.74) is -1.00. The van der Waals surface area contributed by atoms with Gasteiger partial charge >= 0.3 is 12.6 Å². The van der Waals surface area contributed by atoms with Gasteiger partial charge in [0.2, 0.25) is 5.91 Å². The highest BCUT2D eigenvalue weighted by Gasteiger charge is 2.49. The molecule has 8 nitrogen and oxygen atoms in total. The average molecular weight is 383 g/mol. The smallest absolute Gasteiger partial charge is 0.387 e. The van der Waals surface area contributed by atoms with Crippen molar-refractivity contribution in [2.24, 2.45) is 0 Å². The maximum absolute atomic E-state index is 12.8. The SMILES string of the molecule is C[C@]1(c2ccc(OC(F)F)cc2)NC(=O)N(CC(=O)N2CCOCC2)C1=O. The van der Waals surface area contributed by atoms with Crippen LogP contribution < -0.4 is 10.1 Å². The maximum atomic E-state index is 12.8. The Morgan fingerprint density at radius 3 is 2.48 bits per heavy atom. The van der Waals surface area contributed by atoms with Crippen molar-refractivity contribution in [3.05, 3.63) is 29.8 Å². The van der Waals surface area contributed by atoms with Gasteiger partial charge in [-0.25, -0.2) is 4.79 Å². The van der Waals surface area contributed by atoms with Crippen LogP contribution in [0.15, 0.2) is 24.3 Å². The number of hydrogen-bond acceptors (Lipinski definition) is 5. The number of nitrogens with one attached hydrogen (secondary N) is 1. The van der Waals surface area contributed by atoms with Crippen LogP contribution in [0.25, 0.3) is 0 Å². The second-order valence-electron chi connectivity index (χ2n) is 6.34. The van der Waals surface area contributed by atoms with E-state index in [0.717, 1.165) is 4.90 Å². The first-order valence-electron chi connectivity index (χ1n) is 8.36. The van der Waals surface area contributed by atoms with Gasteiger partial charge in [-0.15, -0.1) is 0 Å². The molecule has 10 heteroatoms. The summed E-state index contributed by atoms with van der Waals surface area (Å²) in [4.78, 5) is 39.8. The molecular weight excluding hydrogens is 364 g/mol. The molecule has 27 heavy (non-hydrogen) atoms. The predicted octanol–water partition coefficient (Wildman–Crippen LogP) is 0.914. The molecule has 2 aliphatic rings. The summed E-state index contributed by atoms with van der Waals surface area (Å²) in [6.07, 6.45) is 0. The van der Waals surface area contributed by atoms with Crippen molar-refractivity contribution in [2.75, 3.05) is 32.8 Å². The molecule has 2 aliphatic heterocycles. The van der Waals surface area contributed by atoms with Crippen LogP contribution in [-0.2, 0) is 19.9 Å². The molecule has 2 heterocycles. The molecule has 4 amide bonds. The molecule has 146 valence electrons. The van der Waals surface area contributed by atoms with E-state index in [1.165, 1.54) is 36.1 Å². The fourth-order valence-electron chi connectivity index (χ4n) is 3.05. The van der Waals surface area contributed by atoms with Gasteiger partial charge in [-0.05, 0) is 24.6 Å². The molecule has 1 aromatic rings. The van der Waals surface area contributed by atoms with E-state index < -0.39 is 24.1 Å². The number of carbonyl (C=O) groups excluding carboxylic acids is 3. The molecule has 1 aromatic carbocycles. The van der Waals surface area contributed by atoms with Gasteiger partial charge in [-0.1, -0.05) is 12.1 Å². The summed E-state index contributed by atoms with van der Waals surface area (Å²) in [6, 6.07) is 4.73. The zero-order valence-corrected chi connectivity index (χ0v) is 14.6. The fourth-order valence-corrected chi connectivity index (χ4v) is 3.05. The molecule has 0 aliphatic carbocycles. The molecule has 0 spiro atoms. The van der Waals surface area contributed by atoms with Gasteiger partial charge in [0.05, 0.1) is 13.2 Å². The summed E-state index contributed by atoms with van der Waals surface area (Å²) < 4.78 is 34.0. The number of ether oxygens (including phenoxy) is 2. The van der Waals surface area contributed by atoms with Crippen LogP contribution in [0, 0.1) is 0 Å². The van der Waals surface area contributed by atoms with Crippen LogP contribution in [0.5, 0.6) is 5.75 Å². The number of alkyl halides is 2. The molecule has 3 rings (SSSR count). The Morgan fingerprint density at radius 2 is 1.89 bits per heavy atom. The second kappa shape index (κ2) is 7.47. The third kappa shape index (κ3) is 3.85. The monoisotopic (exact) mass is 383 g/mol. The Hall–Kier alpha value is -2.75. The molecule has 0 radical (unpaired) electrons. The number of hydrogen-bond donors (Lipinski definition) is 1. The standard InChI is InChI=1S/C17H19F2N3O5/c1-17(11-2-4-12(5-3-11)27-15(18)19)14(24)22(16(25)20-17)10-13(23)21-6-8-26-9-7-21/h2-5,15H,6-10H2,1H3,(H,20,25)/t17-/m1/s1. The third-order valence-corrected chi connectivity index (χ3v) is 4.59. The van der Waals surface area contributed by atoms with Crippen molar-refractivity contribution >= 4 is 17.8 Å². The van der Waals surface area contributed by atoms with Gasteiger partial charge in [0.15, 0.2) is 0 Å². The highest BCUT2D eigenvalue weighted by molar-refractivity contribution is 6.09. The molecule has 0 aromatic heterocycles. The highest BCUT2D eigenvalue weighted by Crippen LogP contribution is 2.30. The number of imide groups is 1. The van der Waals surface area contributed by atoms with Gasteiger partial charge in [-0.2, -0.15) is 8.78 Å². The zero-order chi connectivity index (χ0) is 19.6. The van der Waals surface area contributed by atoms with Crippen molar-refractivity contribution < 1.29 is 32.6 Å². The van der Waals surface area contributed by atoms with Crippen molar-refractivity contribution in [2.45, 2.75) is 19.1 Å². The van der Waals surface area contributed by atoms with E-state index in [9.17, 15) is 23.2 Å². The quantitative estimate of drug-likeness (QED) is 0.764. The van der Waals surface area contributed by atoms with Crippen molar-refractivity contribution in [1.82, 2.24) is 15.1 Å². The van der Waals surface area contributed by atoms with Gasteiger partial charge in [-0.3, -0.25) is 14.5 Å². The van der Waals surface area contributed by atoms with Crippen molar-refractivity contribution in [3.8, 4) is 5.75 Å². The van der Waals surface area contributed by atoms with Gasteiger partial charge < -0.3 is 19.7 Å². The lowest BCUT2D eigenvalue weighted by molar-refractivity contribution is -0.141. The normalized spacial score (nSPS) is 23.0. The van der Waals surface area contributed by atoms with Crippen molar-refractivity contribution in [3.63, 3.8) is 0 Å². The Labute approximate surface area is 154 Å². The van der Waals surface area contributed by atoms with E-state index in [4.69, 9.17) is 4.74 Å². The van der Waals surface area contributed by atoms with E-state index in [1.807, 2.05) is 0 Å². The number of nitrogens with zero attached hydrogens (tertiary/aromatic N) is 2. The van der Waals surface area contributed by atoms with Gasteiger partial charge in [0, 0.05) is 13.1 Å². The minimum atomic E-state index is -2.96. The van der Waals surface area contributed by atoms with Crippen molar-refractivity contribution in [1.29, 1.82) is 0 Å². The topological polar surface area (TPSA) is 88.2 Å². The predicted molar refractivity (Wildman–Crippen MR) is 88.1 cm³/mol. The number of benzene rings is 1. The van der Waals surface area contributed by atoms with Crippen LogP contribution >= 0.6 is 0 Å². The summed E-state index contributed by atoms with van der Waals surface area (Å²) in [5.74, 6) is -0.989. The number of urea groups is 1. The Bertz CT molecular complexity index is 737. The number of rotatable bonds is 5. The van der Waals surface area contributed by atoms with E-state index in [2.05, 4.69) is 10.1 Å². The second-order valence-corrected chi connectivity index (χ2v) is 6.34. The lowest BCUT2D eigenvalue weighted by Crippen LogP contribution is -2.47. The first kappa shape index (κ1) is 19.0.